The van der Waals surface area contributed by atoms with Gasteiger partial charge in [0.1, 0.15) is 5.67 Å². The SMILES string of the molecule is CC(C)(F)CNC(=O)CN1CCC(CNC(=O)c2cc(C(F)(F)F)cc(C(F)(F)F)c2)CC1. The molecule has 1 aromatic rings. The van der Waals surface area contributed by atoms with Crippen molar-refractivity contribution in [3.8, 4) is 0 Å². The first-order chi connectivity index (χ1) is 15.0. The number of nitrogens with one attached hydrogen (secondary N) is 2. The van der Waals surface area contributed by atoms with Gasteiger partial charge in [0.2, 0.25) is 5.91 Å². The number of nitrogens with zero attached hydrogens (tertiary/aromatic N) is 1. The molecule has 2 amide bonds. The lowest BCUT2D eigenvalue weighted by Crippen LogP contribution is -2.45. The molecule has 1 aliphatic heterocycles. The monoisotopic (exact) mass is 485 g/mol. The van der Waals surface area contributed by atoms with Crippen molar-refractivity contribution in [1.29, 1.82) is 0 Å². The Bertz CT molecular complexity index is 807. The van der Waals surface area contributed by atoms with E-state index in [0.29, 0.717) is 38.1 Å². The van der Waals surface area contributed by atoms with Crippen molar-refractivity contribution >= 4 is 11.8 Å². The van der Waals surface area contributed by atoms with E-state index in [1.807, 2.05) is 4.90 Å². The molecule has 5 nitrogen and oxygen atoms in total. The smallest absolute Gasteiger partial charge is 0.352 e. The Morgan fingerprint density at radius 3 is 1.88 bits per heavy atom. The topological polar surface area (TPSA) is 61.4 Å². The third-order valence-electron chi connectivity index (χ3n) is 5.18. The van der Waals surface area contributed by atoms with E-state index in [0.717, 1.165) is 0 Å². The third kappa shape index (κ3) is 8.82. The van der Waals surface area contributed by atoms with Gasteiger partial charge in [-0.15, -0.1) is 0 Å². The maximum absolute atomic E-state index is 13.4. The highest BCUT2D eigenvalue weighted by Gasteiger charge is 2.37. The quantitative estimate of drug-likeness (QED) is 0.574. The Labute approximate surface area is 186 Å². The van der Waals surface area contributed by atoms with E-state index in [-0.39, 0.29) is 37.5 Å². The van der Waals surface area contributed by atoms with Crippen LogP contribution >= 0.6 is 0 Å². The number of rotatable bonds is 7. The molecule has 0 bridgehead atoms. The number of likely N-dealkylation sites (tertiary alicyclic amines) is 1. The summed E-state index contributed by atoms with van der Waals surface area (Å²) in [6, 6.07) is 0.756. The van der Waals surface area contributed by atoms with Crippen LogP contribution in [0.25, 0.3) is 0 Å². The summed E-state index contributed by atoms with van der Waals surface area (Å²) in [5.41, 5.74) is -5.35. The van der Waals surface area contributed by atoms with Gasteiger partial charge in [-0.05, 0) is 63.9 Å². The van der Waals surface area contributed by atoms with Gasteiger partial charge in [0, 0.05) is 12.1 Å². The molecular formula is C21H26F7N3O2. The highest BCUT2D eigenvalue weighted by molar-refractivity contribution is 5.94. The lowest BCUT2D eigenvalue weighted by atomic mass is 9.96. The van der Waals surface area contributed by atoms with E-state index in [4.69, 9.17) is 0 Å². The molecule has 1 fully saturated rings. The summed E-state index contributed by atoms with van der Waals surface area (Å²) < 4.78 is 91.2. The number of benzene rings is 1. The molecule has 0 atom stereocenters. The number of carbonyl (C=O) groups excluding carboxylic acids is 2. The fourth-order valence-corrected chi connectivity index (χ4v) is 3.34. The average molecular weight is 485 g/mol. The molecule has 0 aromatic heterocycles. The molecule has 1 saturated heterocycles. The van der Waals surface area contributed by atoms with Gasteiger partial charge in [-0.25, -0.2) is 4.39 Å². The molecule has 0 spiro atoms. The van der Waals surface area contributed by atoms with Crippen LogP contribution < -0.4 is 10.6 Å². The predicted octanol–water partition coefficient (Wildman–Crippen LogP) is 4.03. The lowest BCUT2D eigenvalue weighted by Gasteiger charge is -2.31. The third-order valence-corrected chi connectivity index (χ3v) is 5.18. The summed E-state index contributed by atoms with van der Waals surface area (Å²) in [6.45, 7) is 3.75. The van der Waals surface area contributed by atoms with Crippen LogP contribution in [0.3, 0.4) is 0 Å². The molecule has 186 valence electrons. The number of hydrogen-bond acceptors (Lipinski definition) is 3. The number of hydrogen-bond donors (Lipinski definition) is 2. The van der Waals surface area contributed by atoms with Crippen molar-refractivity contribution in [2.45, 2.75) is 44.7 Å². The maximum atomic E-state index is 13.4. The number of amides is 2. The highest BCUT2D eigenvalue weighted by atomic mass is 19.4. The molecule has 0 aliphatic carbocycles. The van der Waals surface area contributed by atoms with Crippen molar-refractivity contribution in [2.24, 2.45) is 5.92 Å². The van der Waals surface area contributed by atoms with Crippen molar-refractivity contribution < 1.29 is 40.3 Å². The molecule has 2 rings (SSSR count). The number of halogens is 7. The molecule has 0 radical (unpaired) electrons. The fourth-order valence-electron chi connectivity index (χ4n) is 3.34. The predicted molar refractivity (Wildman–Crippen MR) is 106 cm³/mol. The molecule has 2 N–H and O–H groups in total. The van der Waals surface area contributed by atoms with Gasteiger partial charge in [-0.3, -0.25) is 14.5 Å². The maximum Gasteiger partial charge on any atom is 0.416 e. The summed E-state index contributed by atoms with van der Waals surface area (Å²) in [4.78, 5) is 26.0. The van der Waals surface area contributed by atoms with Crippen LogP contribution in [0, 0.1) is 5.92 Å². The fraction of sp³-hybridized carbons (Fsp3) is 0.619. The average Bonchev–Trinajstić information content (AvgIpc) is 2.69. The summed E-state index contributed by atoms with van der Waals surface area (Å²) in [5, 5.41) is 4.90. The van der Waals surface area contributed by atoms with Crippen LogP contribution in [0.5, 0.6) is 0 Å². The van der Waals surface area contributed by atoms with Gasteiger partial charge in [-0.1, -0.05) is 0 Å². The van der Waals surface area contributed by atoms with Crippen molar-refractivity contribution in [3.05, 3.63) is 34.9 Å². The zero-order chi connectivity index (χ0) is 25.0. The van der Waals surface area contributed by atoms with Crippen LogP contribution in [0.15, 0.2) is 18.2 Å². The lowest BCUT2D eigenvalue weighted by molar-refractivity contribution is -0.143. The van der Waals surface area contributed by atoms with Gasteiger partial charge in [0.25, 0.3) is 5.91 Å². The summed E-state index contributed by atoms with van der Waals surface area (Å²) >= 11 is 0. The Hall–Kier alpha value is -2.37. The Balaban J connectivity index is 1.89. The van der Waals surface area contributed by atoms with Crippen molar-refractivity contribution in [1.82, 2.24) is 15.5 Å². The minimum absolute atomic E-state index is 0.0305. The van der Waals surface area contributed by atoms with Gasteiger partial charge >= 0.3 is 12.4 Å². The second kappa shape index (κ2) is 10.3. The van der Waals surface area contributed by atoms with Gasteiger partial charge in [-0.2, -0.15) is 26.3 Å². The van der Waals surface area contributed by atoms with Crippen LogP contribution in [0.2, 0.25) is 0 Å². The largest absolute Gasteiger partial charge is 0.416 e. The zero-order valence-corrected chi connectivity index (χ0v) is 18.2. The normalized spacial score (nSPS) is 16.5. The Kier molecular flexibility index (Phi) is 8.36. The number of alkyl halides is 7. The van der Waals surface area contributed by atoms with E-state index in [9.17, 15) is 40.3 Å². The van der Waals surface area contributed by atoms with Crippen LogP contribution in [-0.4, -0.2) is 55.1 Å². The first-order valence-corrected chi connectivity index (χ1v) is 10.3. The van der Waals surface area contributed by atoms with E-state index in [1.54, 1.807) is 0 Å². The minimum atomic E-state index is -5.03. The Morgan fingerprint density at radius 1 is 0.909 bits per heavy atom. The molecule has 1 aromatic carbocycles. The molecule has 33 heavy (non-hydrogen) atoms. The molecule has 0 saturated carbocycles. The number of carbonyl (C=O) groups is 2. The van der Waals surface area contributed by atoms with Crippen LogP contribution in [0.1, 0.15) is 48.2 Å². The molecule has 12 heteroatoms. The Morgan fingerprint density at radius 2 is 1.42 bits per heavy atom. The van der Waals surface area contributed by atoms with E-state index in [2.05, 4.69) is 10.6 Å². The van der Waals surface area contributed by atoms with Crippen molar-refractivity contribution in [3.63, 3.8) is 0 Å². The summed E-state index contributed by atoms with van der Waals surface area (Å²) in [5.74, 6) is -1.40. The first kappa shape index (κ1) is 26.9. The second-order valence-electron chi connectivity index (χ2n) is 8.72. The molecule has 0 unspecified atom stereocenters. The summed E-state index contributed by atoms with van der Waals surface area (Å²) in [7, 11) is 0. The molecule has 1 aliphatic rings. The molecular weight excluding hydrogens is 459 g/mol. The van der Waals surface area contributed by atoms with E-state index in [1.165, 1.54) is 13.8 Å². The first-order valence-electron chi connectivity index (χ1n) is 10.3. The minimum Gasteiger partial charge on any atom is -0.352 e. The van der Waals surface area contributed by atoms with Crippen molar-refractivity contribution in [2.75, 3.05) is 32.7 Å². The second-order valence-corrected chi connectivity index (χ2v) is 8.72. The van der Waals surface area contributed by atoms with E-state index < -0.39 is 40.6 Å². The molecule has 1 heterocycles. The zero-order valence-electron chi connectivity index (χ0n) is 18.2. The van der Waals surface area contributed by atoms with Crippen LogP contribution in [-0.2, 0) is 17.1 Å². The number of piperidine rings is 1. The van der Waals surface area contributed by atoms with Gasteiger partial charge in [0.05, 0.1) is 24.2 Å². The van der Waals surface area contributed by atoms with Crippen LogP contribution in [0.4, 0.5) is 30.7 Å². The standard InChI is InChI=1S/C21H26F7N3O2/c1-19(2,22)12-30-17(32)11-31-5-3-13(4-6-31)10-29-18(33)14-7-15(20(23,24)25)9-16(8-14)21(26,27)28/h7-9,13H,3-6,10-12H2,1-2H3,(H,29,33)(H,30,32). The van der Waals surface area contributed by atoms with Gasteiger partial charge < -0.3 is 10.6 Å². The summed E-state index contributed by atoms with van der Waals surface area (Å²) in [6.07, 6.45) is -8.93. The highest BCUT2D eigenvalue weighted by Crippen LogP contribution is 2.36. The van der Waals surface area contributed by atoms with Gasteiger partial charge in [0.15, 0.2) is 0 Å². The van der Waals surface area contributed by atoms with E-state index >= 15 is 0 Å².